The number of hydrogen-bond donors (Lipinski definition) is 4. The molecular formula is C18H23N5O4. The molecule has 1 aromatic carbocycles. The molecule has 27 heavy (non-hydrogen) atoms. The van der Waals surface area contributed by atoms with Crippen LogP contribution in [-0.4, -0.2) is 54.8 Å². The number of carbonyl (C=O) groups excluding carboxylic acids is 4. The van der Waals surface area contributed by atoms with Crippen LogP contribution in [0.1, 0.15) is 19.3 Å². The second-order valence-corrected chi connectivity index (χ2v) is 6.61. The first-order valence-corrected chi connectivity index (χ1v) is 9.02. The molecule has 9 heteroatoms. The van der Waals surface area contributed by atoms with Gasteiger partial charge in [-0.25, -0.2) is 4.79 Å². The van der Waals surface area contributed by atoms with E-state index in [0.717, 1.165) is 24.3 Å². The Hall–Kier alpha value is -2.94. The third-order valence-corrected chi connectivity index (χ3v) is 4.60. The Morgan fingerprint density at radius 1 is 1.11 bits per heavy atom. The van der Waals surface area contributed by atoms with Gasteiger partial charge in [-0.2, -0.15) is 0 Å². The molecule has 4 N–H and O–H groups in total. The molecular weight excluding hydrogens is 350 g/mol. The second-order valence-electron chi connectivity index (χ2n) is 6.61. The lowest BCUT2D eigenvalue weighted by Gasteiger charge is -2.21. The van der Waals surface area contributed by atoms with Crippen LogP contribution in [0.4, 0.5) is 16.2 Å². The van der Waals surface area contributed by atoms with Gasteiger partial charge < -0.3 is 21.3 Å². The van der Waals surface area contributed by atoms with Crippen molar-refractivity contribution in [2.24, 2.45) is 5.92 Å². The molecule has 144 valence electrons. The van der Waals surface area contributed by atoms with Crippen LogP contribution in [0, 0.1) is 5.92 Å². The predicted octanol–water partition coefficient (Wildman–Crippen LogP) is 0.505. The highest BCUT2D eigenvalue weighted by molar-refractivity contribution is 6.02. The molecule has 2 fully saturated rings. The van der Waals surface area contributed by atoms with Gasteiger partial charge in [0.15, 0.2) is 0 Å². The highest BCUT2D eigenvalue weighted by Gasteiger charge is 2.28. The quantitative estimate of drug-likeness (QED) is 0.542. The lowest BCUT2D eigenvalue weighted by atomic mass is 9.99. The highest BCUT2D eigenvalue weighted by atomic mass is 16.2. The molecule has 2 heterocycles. The largest absolute Gasteiger partial charge is 0.329 e. The monoisotopic (exact) mass is 373 g/mol. The number of urea groups is 1. The number of nitrogens with zero attached hydrogens (tertiary/aromatic N) is 1. The number of carbonyl (C=O) groups is 4. The van der Waals surface area contributed by atoms with Gasteiger partial charge >= 0.3 is 6.03 Å². The maximum atomic E-state index is 12.2. The molecule has 0 spiro atoms. The van der Waals surface area contributed by atoms with Crippen molar-refractivity contribution in [3.05, 3.63) is 24.3 Å². The number of nitrogens with one attached hydrogen (secondary N) is 4. The molecule has 0 saturated carbocycles. The minimum atomic E-state index is -0.471. The molecule has 5 amide bonds. The van der Waals surface area contributed by atoms with Crippen LogP contribution in [0.2, 0.25) is 0 Å². The molecule has 0 aliphatic carbocycles. The zero-order valence-corrected chi connectivity index (χ0v) is 14.9. The summed E-state index contributed by atoms with van der Waals surface area (Å²) in [6.07, 6.45) is 1.89. The van der Waals surface area contributed by atoms with E-state index in [0.29, 0.717) is 17.9 Å². The van der Waals surface area contributed by atoms with Crippen molar-refractivity contribution in [1.29, 1.82) is 0 Å². The third kappa shape index (κ3) is 5.04. The average Bonchev–Trinajstić information content (AvgIpc) is 3.00. The smallest absolute Gasteiger partial charge is 0.324 e. The van der Waals surface area contributed by atoms with Gasteiger partial charge in [-0.3, -0.25) is 19.3 Å². The van der Waals surface area contributed by atoms with Crippen molar-refractivity contribution in [2.75, 3.05) is 36.8 Å². The van der Waals surface area contributed by atoms with Crippen molar-refractivity contribution in [3.63, 3.8) is 0 Å². The molecule has 2 aliphatic heterocycles. The lowest BCUT2D eigenvalue weighted by Crippen LogP contribution is -2.37. The number of imide groups is 1. The van der Waals surface area contributed by atoms with Crippen molar-refractivity contribution >= 4 is 35.1 Å². The van der Waals surface area contributed by atoms with E-state index in [1.807, 2.05) is 0 Å². The van der Waals surface area contributed by atoms with E-state index >= 15 is 0 Å². The van der Waals surface area contributed by atoms with Gasteiger partial charge in [0, 0.05) is 30.9 Å². The fraction of sp³-hybridized carbons (Fsp3) is 0.444. The van der Waals surface area contributed by atoms with E-state index in [-0.39, 0.29) is 43.1 Å². The van der Waals surface area contributed by atoms with Gasteiger partial charge in [0.2, 0.25) is 17.7 Å². The van der Waals surface area contributed by atoms with E-state index in [9.17, 15) is 19.2 Å². The molecule has 2 aliphatic rings. The summed E-state index contributed by atoms with van der Waals surface area (Å²) in [6, 6.07) is 6.37. The summed E-state index contributed by atoms with van der Waals surface area (Å²) in [4.78, 5) is 48.1. The maximum absolute atomic E-state index is 12.2. The molecule has 2 saturated heterocycles. The van der Waals surface area contributed by atoms with E-state index in [1.165, 1.54) is 0 Å². The highest BCUT2D eigenvalue weighted by Crippen LogP contribution is 2.17. The topological polar surface area (TPSA) is 120 Å². The summed E-state index contributed by atoms with van der Waals surface area (Å²) < 4.78 is 0. The van der Waals surface area contributed by atoms with Crippen LogP contribution < -0.4 is 21.3 Å². The van der Waals surface area contributed by atoms with Crippen molar-refractivity contribution in [3.8, 4) is 0 Å². The SMILES string of the molecule is O=C(CCN1C(=O)CNC1=O)Nc1ccc(NC(=O)C2CCCNC2)cc1. The minimum absolute atomic E-state index is 0.00691. The summed E-state index contributed by atoms with van der Waals surface area (Å²) >= 11 is 0. The summed E-state index contributed by atoms with van der Waals surface area (Å²) in [6.45, 7) is 1.66. The number of anilines is 2. The van der Waals surface area contributed by atoms with Crippen LogP contribution in [0.3, 0.4) is 0 Å². The number of piperidine rings is 1. The first-order valence-electron chi connectivity index (χ1n) is 9.02. The Balaban J connectivity index is 1.45. The van der Waals surface area contributed by atoms with Crippen LogP contribution in [0.25, 0.3) is 0 Å². The normalized spacial score (nSPS) is 19.6. The van der Waals surface area contributed by atoms with Crippen molar-refractivity contribution < 1.29 is 19.2 Å². The lowest BCUT2D eigenvalue weighted by molar-refractivity contribution is -0.125. The van der Waals surface area contributed by atoms with E-state index < -0.39 is 6.03 Å². The predicted molar refractivity (Wildman–Crippen MR) is 99.0 cm³/mol. The van der Waals surface area contributed by atoms with E-state index in [2.05, 4.69) is 21.3 Å². The zero-order valence-electron chi connectivity index (χ0n) is 14.9. The van der Waals surface area contributed by atoms with Gasteiger partial charge in [0.25, 0.3) is 0 Å². The standard InChI is InChI=1S/C18H23N5O4/c24-15(7-9-23-16(25)11-20-18(23)27)21-13-3-5-14(6-4-13)22-17(26)12-2-1-8-19-10-12/h3-6,12,19H,1-2,7-11H2,(H,20,27)(H,21,24)(H,22,26). The molecule has 3 rings (SSSR count). The molecule has 9 nitrogen and oxygen atoms in total. The summed E-state index contributed by atoms with van der Waals surface area (Å²) in [7, 11) is 0. The van der Waals surface area contributed by atoms with Crippen LogP contribution in [-0.2, 0) is 14.4 Å². The third-order valence-electron chi connectivity index (χ3n) is 4.60. The Morgan fingerprint density at radius 2 is 1.81 bits per heavy atom. The van der Waals surface area contributed by atoms with Crippen molar-refractivity contribution in [2.45, 2.75) is 19.3 Å². The Bertz CT molecular complexity index is 712. The van der Waals surface area contributed by atoms with Crippen molar-refractivity contribution in [1.82, 2.24) is 15.5 Å². The fourth-order valence-electron chi connectivity index (χ4n) is 3.08. The Morgan fingerprint density at radius 3 is 2.41 bits per heavy atom. The molecule has 1 atom stereocenters. The van der Waals surface area contributed by atoms with Gasteiger partial charge in [-0.15, -0.1) is 0 Å². The summed E-state index contributed by atoms with van der Waals surface area (Å²) in [5, 5.41) is 11.2. The Labute approximate surface area is 156 Å². The second kappa shape index (κ2) is 8.63. The van der Waals surface area contributed by atoms with Crippen LogP contribution in [0.5, 0.6) is 0 Å². The van der Waals surface area contributed by atoms with Gasteiger partial charge in [-0.05, 0) is 43.7 Å². The number of amides is 5. The first kappa shape index (κ1) is 18.8. The molecule has 0 aromatic heterocycles. The van der Waals surface area contributed by atoms with E-state index in [1.54, 1.807) is 24.3 Å². The molecule has 0 bridgehead atoms. The summed E-state index contributed by atoms with van der Waals surface area (Å²) in [5.41, 5.74) is 1.25. The molecule has 1 unspecified atom stereocenters. The van der Waals surface area contributed by atoms with Gasteiger partial charge in [0.1, 0.15) is 0 Å². The fourth-order valence-corrected chi connectivity index (χ4v) is 3.08. The molecule has 1 aromatic rings. The van der Waals surface area contributed by atoms with Crippen LogP contribution in [0.15, 0.2) is 24.3 Å². The average molecular weight is 373 g/mol. The maximum Gasteiger partial charge on any atom is 0.324 e. The number of benzene rings is 1. The van der Waals surface area contributed by atoms with Gasteiger partial charge in [0.05, 0.1) is 12.5 Å². The summed E-state index contributed by atoms with van der Waals surface area (Å²) in [5.74, 6) is -0.662. The molecule has 0 radical (unpaired) electrons. The minimum Gasteiger partial charge on any atom is -0.329 e. The zero-order chi connectivity index (χ0) is 19.2. The number of rotatable bonds is 6. The van der Waals surface area contributed by atoms with E-state index in [4.69, 9.17) is 0 Å². The van der Waals surface area contributed by atoms with Gasteiger partial charge in [-0.1, -0.05) is 0 Å². The number of hydrogen-bond acceptors (Lipinski definition) is 5. The first-order chi connectivity index (χ1) is 13.0. The van der Waals surface area contributed by atoms with Crippen LogP contribution >= 0.6 is 0 Å². The Kier molecular flexibility index (Phi) is 6.02.